The van der Waals surface area contributed by atoms with Crippen molar-refractivity contribution < 1.29 is 36.5 Å². The van der Waals surface area contributed by atoms with Gasteiger partial charge in [-0.15, -0.1) is 0 Å². The number of carbonyl (C=O) groups excluding carboxylic acids is 3. The Balaban J connectivity index is 4.77. The van der Waals surface area contributed by atoms with Gasteiger partial charge in [0.2, 0.25) is 0 Å². The number of hydrogen-bond donors (Lipinski definition) is 0. The Hall–Kier alpha value is -1.48. The van der Waals surface area contributed by atoms with E-state index in [0.717, 1.165) is 0 Å². The number of carbonyl (C=O) groups is 3. The normalized spacial score (nSPS) is 14.9. The van der Waals surface area contributed by atoms with Gasteiger partial charge in [0.15, 0.2) is 0 Å². The molecule has 164 valence electrons. The molecule has 0 aliphatic heterocycles. The van der Waals surface area contributed by atoms with Crippen molar-refractivity contribution in [1.82, 2.24) is 0 Å². The van der Waals surface area contributed by atoms with Gasteiger partial charge in [0.1, 0.15) is 16.8 Å². The third-order valence-corrected chi connectivity index (χ3v) is 5.63. The van der Waals surface area contributed by atoms with E-state index in [1.165, 1.54) is 13.8 Å². The predicted molar refractivity (Wildman–Crippen MR) is 104 cm³/mol. The molecule has 28 heavy (non-hydrogen) atoms. The van der Waals surface area contributed by atoms with E-state index in [-0.39, 0.29) is 13.0 Å². The van der Waals surface area contributed by atoms with E-state index in [4.69, 9.17) is 13.7 Å². The molecule has 0 heterocycles. The first-order chi connectivity index (χ1) is 12.5. The van der Waals surface area contributed by atoms with Gasteiger partial charge >= 0.3 is 11.9 Å². The molecule has 0 aromatic carbocycles. The number of rotatable bonds is 11. The summed E-state index contributed by atoms with van der Waals surface area (Å²) in [6.45, 7) is 12.0. The molecule has 0 fully saturated rings. The van der Waals surface area contributed by atoms with Crippen molar-refractivity contribution >= 4 is 27.8 Å². The summed E-state index contributed by atoms with van der Waals surface area (Å²) in [6, 6.07) is 0. The number of ether oxygens (including phenoxy) is 2. The summed E-state index contributed by atoms with van der Waals surface area (Å²) in [5, 5.41) is 0. The first-order valence-corrected chi connectivity index (χ1v) is 10.8. The van der Waals surface area contributed by atoms with Gasteiger partial charge in [0.05, 0.1) is 24.4 Å². The molecule has 0 N–H and O–H groups in total. The number of esters is 2. The second kappa shape index (κ2) is 9.82. The minimum atomic E-state index is -4.02. The Morgan fingerprint density at radius 2 is 1.46 bits per heavy atom. The van der Waals surface area contributed by atoms with Crippen LogP contribution in [-0.4, -0.2) is 50.7 Å². The van der Waals surface area contributed by atoms with E-state index < -0.39 is 56.6 Å². The first-order valence-electron chi connectivity index (χ1n) is 9.25. The Labute approximate surface area is 168 Å². The summed E-state index contributed by atoms with van der Waals surface area (Å²) in [7, 11) is -4.02. The smallest absolute Gasteiger partial charge is 0.322 e. The van der Waals surface area contributed by atoms with Crippen molar-refractivity contribution in [3.05, 3.63) is 0 Å². The standard InChI is InChI=1S/C19H34O8S/c1-9-18(6,7)15(21)25-11-10-12-28(23,24)26-13-19(8,14(2)20)16(22)27-17(3,4)5/h9-13H2,1-8H3. The monoisotopic (exact) mass is 422 g/mol. The van der Waals surface area contributed by atoms with E-state index in [9.17, 15) is 22.8 Å². The molecule has 0 aromatic rings. The van der Waals surface area contributed by atoms with Gasteiger partial charge in [0.25, 0.3) is 10.1 Å². The zero-order valence-corrected chi connectivity index (χ0v) is 19.0. The Kier molecular flexibility index (Phi) is 9.30. The highest BCUT2D eigenvalue weighted by Gasteiger charge is 2.43. The van der Waals surface area contributed by atoms with Gasteiger partial charge in [-0.05, 0) is 61.3 Å². The molecule has 0 amide bonds. The summed E-state index contributed by atoms with van der Waals surface area (Å²) in [5.41, 5.74) is -3.20. The van der Waals surface area contributed by atoms with Gasteiger partial charge in [0, 0.05) is 0 Å². The molecule has 0 aromatic heterocycles. The van der Waals surface area contributed by atoms with E-state index in [1.54, 1.807) is 34.6 Å². The highest BCUT2D eigenvalue weighted by Crippen LogP contribution is 2.25. The molecular weight excluding hydrogens is 388 g/mol. The predicted octanol–water partition coefficient (Wildman–Crippen LogP) is 2.64. The van der Waals surface area contributed by atoms with Crippen LogP contribution in [-0.2, 0) is 38.2 Å². The lowest BCUT2D eigenvalue weighted by molar-refractivity contribution is -0.170. The minimum Gasteiger partial charge on any atom is -0.465 e. The molecule has 0 saturated heterocycles. The van der Waals surface area contributed by atoms with E-state index in [1.807, 2.05) is 6.92 Å². The molecule has 0 bridgehead atoms. The van der Waals surface area contributed by atoms with E-state index >= 15 is 0 Å². The average Bonchev–Trinajstić information content (AvgIpc) is 2.54. The molecule has 8 nitrogen and oxygen atoms in total. The van der Waals surface area contributed by atoms with Gasteiger partial charge in [-0.25, -0.2) is 0 Å². The van der Waals surface area contributed by atoms with Gasteiger partial charge in [-0.3, -0.25) is 18.6 Å². The Morgan fingerprint density at radius 3 is 1.89 bits per heavy atom. The highest BCUT2D eigenvalue weighted by molar-refractivity contribution is 7.86. The number of Topliss-reactive ketones (excluding diaryl/α,β-unsaturated/α-hetero) is 1. The first kappa shape index (κ1) is 26.5. The van der Waals surface area contributed by atoms with Crippen LogP contribution in [0.15, 0.2) is 0 Å². The summed E-state index contributed by atoms with van der Waals surface area (Å²) < 4.78 is 39.3. The molecule has 0 radical (unpaired) electrons. The van der Waals surface area contributed by atoms with E-state index in [0.29, 0.717) is 6.42 Å². The average molecular weight is 423 g/mol. The van der Waals surface area contributed by atoms with Crippen LogP contribution >= 0.6 is 0 Å². The fourth-order valence-corrected chi connectivity index (χ4v) is 2.71. The summed E-state index contributed by atoms with van der Waals surface area (Å²) in [5.74, 6) is -2.22. The van der Waals surface area contributed by atoms with Crippen LogP contribution < -0.4 is 0 Å². The number of hydrogen-bond acceptors (Lipinski definition) is 8. The maximum atomic E-state index is 12.3. The third-order valence-electron chi connectivity index (χ3n) is 4.36. The molecule has 0 spiro atoms. The molecule has 1 atom stereocenters. The van der Waals surface area contributed by atoms with Crippen molar-refractivity contribution in [3.63, 3.8) is 0 Å². The molecular formula is C19H34O8S. The zero-order valence-electron chi connectivity index (χ0n) is 18.2. The van der Waals surface area contributed by atoms with Crippen LogP contribution in [0, 0.1) is 10.8 Å². The van der Waals surface area contributed by atoms with Gasteiger partial charge in [-0.2, -0.15) is 8.42 Å². The fourth-order valence-electron chi connectivity index (χ4n) is 1.70. The molecule has 0 aliphatic carbocycles. The molecule has 0 aliphatic rings. The van der Waals surface area contributed by atoms with Crippen LogP contribution in [0.25, 0.3) is 0 Å². The topological polar surface area (TPSA) is 113 Å². The summed E-state index contributed by atoms with van der Waals surface area (Å²) in [6.07, 6.45) is 0.638. The van der Waals surface area contributed by atoms with E-state index in [2.05, 4.69) is 0 Å². The number of ketones is 1. The fraction of sp³-hybridized carbons (Fsp3) is 0.842. The van der Waals surface area contributed by atoms with Crippen molar-refractivity contribution in [2.24, 2.45) is 10.8 Å². The maximum absolute atomic E-state index is 12.3. The second-order valence-electron chi connectivity index (χ2n) is 8.64. The summed E-state index contributed by atoms with van der Waals surface area (Å²) in [4.78, 5) is 36.1. The van der Waals surface area contributed by atoms with Crippen molar-refractivity contribution in [3.8, 4) is 0 Å². The van der Waals surface area contributed by atoms with Gasteiger partial charge < -0.3 is 9.47 Å². The highest BCUT2D eigenvalue weighted by atomic mass is 32.2. The summed E-state index contributed by atoms with van der Waals surface area (Å²) >= 11 is 0. The van der Waals surface area contributed by atoms with Crippen LogP contribution in [0.2, 0.25) is 0 Å². The lowest BCUT2D eigenvalue weighted by atomic mass is 9.87. The molecule has 0 saturated carbocycles. The lowest BCUT2D eigenvalue weighted by Gasteiger charge is -2.29. The quantitative estimate of drug-likeness (QED) is 0.216. The second-order valence-corrected chi connectivity index (χ2v) is 10.4. The van der Waals surface area contributed by atoms with Crippen LogP contribution in [0.3, 0.4) is 0 Å². The van der Waals surface area contributed by atoms with Crippen molar-refractivity contribution in [1.29, 1.82) is 0 Å². The lowest BCUT2D eigenvalue weighted by Crippen LogP contribution is -2.44. The Bertz CT molecular complexity index is 673. The SMILES string of the molecule is CCC(C)(C)C(=O)OCCCS(=O)(=O)OCC(C)(C(C)=O)C(=O)OC(C)(C)C. The zero-order chi connectivity index (χ0) is 22.4. The Morgan fingerprint density at radius 1 is 0.929 bits per heavy atom. The third kappa shape index (κ3) is 8.68. The largest absolute Gasteiger partial charge is 0.465 e. The molecule has 9 heteroatoms. The van der Waals surface area contributed by atoms with Gasteiger partial charge in [-0.1, -0.05) is 6.92 Å². The maximum Gasteiger partial charge on any atom is 0.322 e. The minimum absolute atomic E-state index is 0.0388. The van der Waals surface area contributed by atoms with Crippen LogP contribution in [0.1, 0.15) is 68.2 Å². The van der Waals surface area contributed by atoms with Crippen LogP contribution in [0.5, 0.6) is 0 Å². The molecule has 1 unspecified atom stereocenters. The van der Waals surface area contributed by atoms with Crippen molar-refractivity contribution in [2.75, 3.05) is 19.0 Å². The van der Waals surface area contributed by atoms with Crippen molar-refractivity contribution in [2.45, 2.75) is 73.8 Å². The van der Waals surface area contributed by atoms with Crippen LogP contribution in [0.4, 0.5) is 0 Å². The molecule has 0 rings (SSSR count).